The molecule has 0 spiro atoms. The van der Waals surface area contributed by atoms with E-state index < -0.39 is 0 Å². The Kier molecular flexibility index (Phi) is 3.58. The first kappa shape index (κ1) is 11.3. The number of likely N-dealkylation sites (tertiary alicyclic amines) is 1. The average molecular weight is 224 g/mol. The van der Waals surface area contributed by atoms with Gasteiger partial charge in [-0.3, -0.25) is 0 Å². The molecule has 1 aliphatic heterocycles. The summed E-state index contributed by atoms with van der Waals surface area (Å²) in [6.45, 7) is 3.55. The fraction of sp³-hybridized carbons (Fsp3) is 0.917. The fourth-order valence-corrected chi connectivity index (χ4v) is 3.18. The molecule has 0 aromatic carbocycles. The number of hydrogen-bond acceptors (Lipinski definition) is 3. The zero-order chi connectivity index (χ0) is 10.7. The zero-order valence-electron chi connectivity index (χ0n) is 9.54. The molecule has 0 amide bonds. The second-order valence-electron chi connectivity index (χ2n) is 4.91. The third kappa shape index (κ3) is 2.49. The minimum Gasteiger partial charge on any atom is -0.303 e. The molecule has 1 aliphatic carbocycles. The van der Waals surface area contributed by atoms with Crippen LogP contribution in [0.5, 0.6) is 0 Å². The van der Waals surface area contributed by atoms with Crippen molar-refractivity contribution in [2.24, 2.45) is 5.92 Å². The van der Waals surface area contributed by atoms with Crippen molar-refractivity contribution in [2.75, 3.05) is 25.9 Å². The summed E-state index contributed by atoms with van der Waals surface area (Å²) in [5.74, 6) is 0.967. The van der Waals surface area contributed by atoms with Crippen LogP contribution in [0.2, 0.25) is 0 Å². The molecule has 0 unspecified atom stereocenters. The topological polar surface area (TPSA) is 27.0 Å². The Morgan fingerprint density at radius 3 is 2.47 bits per heavy atom. The van der Waals surface area contributed by atoms with Gasteiger partial charge in [-0.05, 0) is 37.9 Å². The molecule has 3 heteroatoms. The van der Waals surface area contributed by atoms with Crippen LogP contribution in [0.3, 0.4) is 0 Å². The molecule has 0 aromatic rings. The molecule has 84 valence electrons. The number of nitriles is 1. The molecule has 0 N–H and O–H groups in total. The van der Waals surface area contributed by atoms with Crippen LogP contribution < -0.4 is 0 Å². The normalized spacial score (nSPS) is 26.9. The van der Waals surface area contributed by atoms with Gasteiger partial charge in [-0.1, -0.05) is 6.42 Å². The van der Waals surface area contributed by atoms with Gasteiger partial charge in [-0.2, -0.15) is 5.26 Å². The summed E-state index contributed by atoms with van der Waals surface area (Å²) >= 11 is 1.75. The summed E-state index contributed by atoms with van der Waals surface area (Å²) in [4.78, 5) is 2.57. The Hall–Kier alpha value is -0.200. The van der Waals surface area contributed by atoms with E-state index in [-0.39, 0.29) is 4.75 Å². The van der Waals surface area contributed by atoms with E-state index in [1.807, 2.05) is 0 Å². The molecule has 15 heavy (non-hydrogen) atoms. The molecular weight excluding hydrogens is 204 g/mol. The summed E-state index contributed by atoms with van der Waals surface area (Å²) in [6.07, 6.45) is 8.48. The van der Waals surface area contributed by atoms with Gasteiger partial charge in [-0.15, -0.1) is 11.8 Å². The van der Waals surface area contributed by atoms with Crippen molar-refractivity contribution < 1.29 is 0 Å². The van der Waals surface area contributed by atoms with Crippen molar-refractivity contribution in [3.8, 4) is 6.07 Å². The van der Waals surface area contributed by atoms with Crippen molar-refractivity contribution >= 4 is 11.8 Å². The van der Waals surface area contributed by atoms with Crippen LogP contribution in [0, 0.1) is 17.2 Å². The summed E-state index contributed by atoms with van der Waals surface area (Å²) < 4.78 is -0.0733. The van der Waals surface area contributed by atoms with E-state index in [1.165, 1.54) is 25.8 Å². The minimum absolute atomic E-state index is 0.0733. The van der Waals surface area contributed by atoms with Gasteiger partial charge in [-0.25, -0.2) is 0 Å². The number of thioether (sulfide) groups is 1. The van der Waals surface area contributed by atoms with Gasteiger partial charge in [0.15, 0.2) is 0 Å². The molecule has 1 heterocycles. The lowest BCUT2D eigenvalue weighted by Crippen LogP contribution is -2.44. The quantitative estimate of drug-likeness (QED) is 0.737. The van der Waals surface area contributed by atoms with Crippen molar-refractivity contribution in [1.29, 1.82) is 5.26 Å². The van der Waals surface area contributed by atoms with Gasteiger partial charge in [0.2, 0.25) is 0 Å². The highest BCUT2D eigenvalue weighted by Crippen LogP contribution is 2.35. The fourth-order valence-electron chi connectivity index (χ4n) is 2.50. The lowest BCUT2D eigenvalue weighted by molar-refractivity contribution is 0.149. The standard InChI is InChI=1S/C12H20N2S/c1-15-12(10-13)5-7-14(8-6-12)9-11-3-2-4-11/h11H,2-9H2,1H3. The van der Waals surface area contributed by atoms with Crippen LogP contribution >= 0.6 is 11.8 Å². The van der Waals surface area contributed by atoms with E-state index in [9.17, 15) is 5.26 Å². The van der Waals surface area contributed by atoms with E-state index in [0.29, 0.717) is 0 Å². The Labute approximate surface area is 97.0 Å². The van der Waals surface area contributed by atoms with Gasteiger partial charge in [0.05, 0.1) is 6.07 Å². The molecule has 0 aromatic heterocycles. The second-order valence-corrected chi connectivity index (χ2v) is 6.10. The molecule has 0 atom stereocenters. The van der Waals surface area contributed by atoms with Gasteiger partial charge in [0.1, 0.15) is 4.75 Å². The molecule has 1 saturated heterocycles. The van der Waals surface area contributed by atoms with Crippen LogP contribution in [-0.2, 0) is 0 Å². The highest BCUT2D eigenvalue weighted by Gasteiger charge is 2.34. The second kappa shape index (κ2) is 4.76. The molecule has 2 rings (SSSR count). The van der Waals surface area contributed by atoms with E-state index in [0.717, 1.165) is 31.8 Å². The summed E-state index contributed by atoms with van der Waals surface area (Å²) in [5, 5.41) is 9.18. The van der Waals surface area contributed by atoms with E-state index in [1.54, 1.807) is 11.8 Å². The van der Waals surface area contributed by atoms with Gasteiger partial charge in [0, 0.05) is 19.6 Å². The molecule has 1 saturated carbocycles. The van der Waals surface area contributed by atoms with Crippen molar-refractivity contribution in [2.45, 2.75) is 36.9 Å². The SMILES string of the molecule is CSC1(C#N)CCN(CC2CCC2)CC1. The Balaban J connectivity index is 1.78. The lowest BCUT2D eigenvalue weighted by Gasteiger charge is -2.39. The number of rotatable bonds is 3. The average Bonchev–Trinajstić information content (AvgIpc) is 2.25. The predicted molar refractivity (Wildman–Crippen MR) is 64.9 cm³/mol. The number of hydrogen-bond donors (Lipinski definition) is 0. The maximum Gasteiger partial charge on any atom is 0.104 e. The number of nitrogens with zero attached hydrogens (tertiary/aromatic N) is 2. The van der Waals surface area contributed by atoms with Crippen LogP contribution in [0.4, 0.5) is 0 Å². The van der Waals surface area contributed by atoms with Gasteiger partial charge >= 0.3 is 0 Å². The lowest BCUT2D eigenvalue weighted by atomic mass is 9.84. The molecule has 2 fully saturated rings. The van der Waals surface area contributed by atoms with E-state index >= 15 is 0 Å². The first-order valence-electron chi connectivity index (χ1n) is 5.97. The van der Waals surface area contributed by atoms with Crippen LogP contribution in [0.15, 0.2) is 0 Å². The highest BCUT2D eigenvalue weighted by atomic mass is 32.2. The number of piperidine rings is 1. The van der Waals surface area contributed by atoms with Gasteiger partial charge in [0.25, 0.3) is 0 Å². The summed E-state index contributed by atoms with van der Waals surface area (Å²) in [7, 11) is 0. The third-order valence-corrected chi connectivity index (χ3v) is 5.28. The Morgan fingerprint density at radius 2 is 2.07 bits per heavy atom. The predicted octanol–water partition coefficient (Wildman–Crippen LogP) is 2.51. The van der Waals surface area contributed by atoms with Crippen LogP contribution in [0.1, 0.15) is 32.1 Å². The Morgan fingerprint density at radius 1 is 1.40 bits per heavy atom. The molecule has 0 radical (unpaired) electrons. The van der Waals surface area contributed by atoms with Gasteiger partial charge < -0.3 is 4.90 Å². The maximum atomic E-state index is 9.18. The van der Waals surface area contributed by atoms with Crippen LogP contribution in [-0.4, -0.2) is 35.5 Å². The Bertz CT molecular complexity index is 247. The van der Waals surface area contributed by atoms with E-state index in [4.69, 9.17) is 0 Å². The zero-order valence-corrected chi connectivity index (χ0v) is 10.4. The molecule has 2 aliphatic rings. The summed E-state index contributed by atoms with van der Waals surface area (Å²) in [5.41, 5.74) is 0. The summed E-state index contributed by atoms with van der Waals surface area (Å²) in [6, 6.07) is 2.51. The van der Waals surface area contributed by atoms with Crippen molar-refractivity contribution in [1.82, 2.24) is 4.90 Å². The first-order chi connectivity index (χ1) is 7.28. The smallest absolute Gasteiger partial charge is 0.104 e. The monoisotopic (exact) mass is 224 g/mol. The molecule has 2 nitrogen and oxygen atoms in total. The molecule has 0 bridgehead atoms. The highest BCUT2D eigenvalue weighted by molar-refractivity contribution is 8.00. The van der Waals surface area contributed by atoms with Crippen molar-refractivity contribution in [3.05, 3.63) is 0 Å². The minimum atomic E-state index is -0.0733. The van der Waals surface area contributed by atoms with E-state index in [2.05, 4.69) is 17.2 Å². The largest absolute Gasteiger partial charge is 0.303 e. The molecular formula is C12H20N2S. The third-order valence-electron chi connectivity index (χ3n) is 4.00. The first-order valence-corrected chi connectivity index (χ1v) is 7.19. The maximum absolute atomic E-state index is 9.18. The van der Waals surface area contributed by atoms with Crippen LogP contribution in [0.25, 0.3) is 0 Å². The van der Waals surface area contributed by atoms with Crippen molar-refractivity contribution in [3.63, 3.8) is 0 Å².